The predicted octanol–water partition coefficient (Wildman–Crippen LogP) is 3.65. The second-order valence-corrected chi connectivity index (χ2v) is 8.32. The zero-order valence-electron chi connectivity index (χ0n) is 18.2. The van der Waals surface area contributed by atoms with Crippen LogP contribution in [0.2, 0.25) is 0 Å². The second-order valence-electron chi connectivity index (χ2n) is 8.32. The highest BCUT2D eigenvalue weighted by atomic mass is 16.5. The Bertz CT molecular complexity index is 1010. The van der Waals surface area contributed by atoms with E-state index in [-0.39, 0.29) is 5.91 Å². The molecular weight excluding hydrogens is 386 g/mol. The molecule has 4 rings (SSSR count). The number of benzene rings is 2. The van der Waals surface area contributed by atoms with Gasteiger partial charge in [-0.05, 0) is 28.8 Å². The zero-order chi connectivity index (χ0) is 21.7. The Balaban J connectivity index is 1.60. The summed E-state index contributed by atoms with van der Waals surface area (Å²) < 4.78 is 6.25. The molecule has 0 saturated carbocycles. The molecule has 1 fully saturated rings. The number of aromatic nitrogens is 1. The van der Waals surface area contributed by atoms with E-state index >= 15 is 0 Å². The first-order valence-electron chi connectivity index (χ1n) is 10.7. The molecule has 3 aromatic rings. The number of ether oxygens (including phenoxy) is 1. The van der Waals surface area contributed by atoms with Crippen LogP contribution in [0.3, 0.4) is 0 Å². The van der Waals surface area contributed by atoms with E-state index in [0.717, 1.165) is 23.4 Å². The molecule has 0 spiro atoms. The lowest BCUT2D eigenvalue weighted by Gasteiger charge is -2.42. The number of rotatable bonds is 6. The van der Waals surface area contributed by atoms with E-state index in [9.17, 15) is 4.79 Å². The fourth-order valence-electron chi connectivity index (χ4n) is 4.25. The van der Waals surface area contributed by atoms with Crippen LogP contribution in [0.15, 0.2) is 79.0 Å². The van der Waals surface area contributed by atoms with Crippen LogP contribution >= 0.6 is 0 Å². The average molecular weight is 416 g/mol. The molecule has 1 amide bonds. The van der Waals surface area contributed by atoms with Crippen LogP contribution in [-0.4, -0.2) is 60.1 Å². The maximum atomic E-state index is 13.3. The SMILES string of the molecule is CN(C)C(=O)[C@]1(Cc2cccc(-c3ccccc3)c2)CN(Cc2ccccn2)CCO1. The lowest BCUT2D eigenvalue weighted by molar-refractivity contribution is -0.169. The highest BCUT2D eigenvalue weighted by Gasteiger charge is 2.44. The first-order chi connectivity index (χ1) is 15.1. The highest BCUT2D eigenvalue weighted by molar-refractivity contribution is 5.86. The fourth-order valence-corrected chi connectivity index (χ4v) is 4.25. The Morgan fingerprint density at radius 2 is 1.81 bits per heavy atom. The molecule has 2 aromatic carbocycles. The third-order valence-electron chi connectivity index (χ3n) is 5.70. The monoisotopic (exact) mass is 415 g/mol. The van der Waals surface area contributed by atoms with Gasteiger partial charge in [-0.2, -0.15) is 0 Å². The minimum absolute atomic E-state index is 0.00309. The number of hydrogen-bond donors (Lipinski definition) is 0. The number of pyridine rings is 1. The third kappa shape index (κ3) is 5.01. The predicted molar refractivity (Wildman–Crippen MR) is 122 cm³/mol. The molecule has 5 nitrogen and oxygen atoms in total. The highest BCUT2D eigenvalue weighted by Crippen LogP contribution is 2.28. The summed E-state index contributed by atoms with van der Waals surface area (Å²) in [6.07, 6.45) is 2.34. The molecule has 1 atom stereocenters. The molecule has 160 valence electrons. The minimum atomic E-state index is -0.911. The topological polar surface area (TPSA) is 45.7 Å². The van der Waals surface area contributed by atoms with Crippen molar-refractivity contribution in [3.05, 3.63) is 90.3 Å². The van der Waals surface area contributed by atoms with Crippen LogP contribution in [0.1, 0.15) is 11.3 Å². The van der Waals surface area contributed by atoms with Crippen molar-refractivity contribution in [2.45, 2.75) is 18.6 Å². The van der Waals surface area contributed by atoms with Crippen LogP contribution in [0.25, 0.3) is 11.1 Å². The van der Waals surface area contributed by atoms with Crippen LogP contribution in [0.5, 0.6) is 0 Å². The van der Waals surface area contributed by atoms with Crippen molar-refractivity contribution in [2.24, 2.45) is 0 Å². The first kappa shape index (κ1) is 21.2. The standard InChI is InChI=1S/C26H29N3O2/c1-28(2)25(30)26(20-29(15-16-31-26)19-24-13-6-7-14-27-24)18-21-9-8-12-23(17-21)22-10-4-3-5-11-22/h3-14,17H,15-16,18-20H2,1-2H3/t26-/m0/s1. The van der Waals surface area contributed by atoms with Crippen molar-refractivity contribution in [1.29, 1.82) is 0 Å². The van der Waals surface area contributed by atoms with E-state index in [1.54, 1.807) is 19.0 Å². The quantitative estimate of drug-likeness (QED) is 0.617. The van der Waals surface area contributed by atoms with Crippen molar-refractivity contribution in [3.63, 3.8) is 0 Å². The van der Waals surface area contributed by atoms with Gasteiger partial charge in [-0.3, -0.25) is 14.7 Å². The number of carbonyl (C=O) groups excluding carboxylic acids is 1. The van der Waals surface area contributed by atoms with Crippen molar-refractivity contribution in [3.8, 4) is 11.1 Å². The molecule has 1 aliphatic heterocycles. The number of nitrogens with zero attached hydrogens (tertiary/aromatic N) is 3. The van der Waals surface area contributed by atoms with Gasteiger partial charge in [0.1, 0.15) is 0 Å². The summed E-state index contributed by atoms with van der Waals surface area (Å²) in [6, 6.07) is 24.7. The summed E-state index contributed by atoms with van der Waals surface area (Å²) in [6.45, 7) is 2.54. The Kier molecular flexibility index (Phi) is 6.44. The molecule has 0 N–H and O–H groups in total. The van der Waals surface area contributed by atoms with Crippen LogP contribution < -0.4 is 0 Å². The number of hydrogen-bond acceptors (Lipinski definition) is 4. The number of carbonyl (C=O) groups is 1. The summed E-state index contributed by atoms with van der Waals surface area (Å²) in [5, 5.41) is 0. The van der Waals surface area contributed by atoms with Gasteiger partial charge in [-0.1, -0.05) is 60.7 Å². The molecule has 31 heavy (non-hydrogen) atoms. The summed E-state index contributed by atoms with van der Waals surface area (Å²) in [5.74, 6) is 0.00309. The van der Waals surface area contributed by atoms with E-state index in [0.29, 0.717) is 26.1 Å². The molecule has 1 saturated heterocycles. The van der Waals surface area contributed by atoms with Gasteiger partial charge < -0.3 is 9.64 Å². The van der Waals surface area contributed by atoms with Crippen LogP contribution in [0.4, 0.5) is 0 Å². The summed E-state index contributed by atoms with van der Waals surface area (Å²) >= 11 is 0. The van der Waals surface area contributed by atoms with Gasteiger partial charge in [0.15, 0.2) is 5.60 Å². The first-order valence-corrected chi connectivity index (χ1v) is 10.7. The third-order valence-corrected chi connectivity index (χ3v) is 5.70. The van der Waals surface area contributed by atoms with Crippen LogP contribution in [0, 0.1) is 0 Å². The number of amides is 1. The smallest absolute Gasteiger partial charge is 0.255 e. The molecule has 0 aliphatic carbocycles. The van der Waals surface area contributed by atoms with Gasteiger partial charge in [-0.25, -0.2) is 0 Å². The largest absolute Gasteiger partial charge is 0.362 e. The van der Waals surface area contributed by atoms with Crippen molar-refractivity contribution in [2.75, 3.05) is 33.8 Å². The number of morpholine rings is 1. The lowest BCUT2D eigenvalue weighted by atomic mass is 9.89. The molecule has 0 bridgehead atoms. The van der Waals surface area contributed by atoms with Gasteiger partial charge in [-0.15, -0.1) is 0 Å². The van der Waals surface area contributed by atoms with Gasteiger partial charge in [0.25, 0.3) is 5.91 Å². The molecule has 1 aromatic heterocycles. The molecule has 0 radical (unpaired) electrons. The van der Waals surface area contributed by atoms with E-state index in [4.69, 9.17) is 4.74 Å². The number of likely N-dealkylation sites (N-methyl/N-ethyl adjacent to an activating group) is 1. The molecule has 2 heterocycles. The zero-order valence-corrected chi connectivity index (χ0v) is 18.2. The van der Waals surface area contributed by atoms with E-state index < -0.39 is 5.60 Å². The Hall–Kier alpha value is -3.02. The maximum absolute atomic E-state index is 13.3. The van der Waals surface area contributed by atoms with Gasteiger partial charge in [0.05, 0.1) is 12.3 Å². The van der Waals surface area contributed by atoms with Crippen LogP contribution in [-0.2, 0) is 22.5 Å². The van der Waals surface area contributed by atoms with Crippen molar-refractivity contribution >= 4 is 5.91 Å². The molecule has 1 aliphatic rings. The van der Waals surface area contributed by atoms with Gasteiger partial charge in [0.2, 0.25) is 0 Å². The normalized spacial score (nSPS) is 19.2. The van der Waals surface area contributed by atoms with E-state index in [2.05, 4.69) is 46.3 Å². The summed E-state index contributed by atoms with van der Waals surface area (Å²) in [7, 11) is 3.59. The summed E-state index contributed by atoms with van der Waals surface area (Å²) in [5.41, 5.74) is 3.49. The van der Waals surface area contributed by atoms with E-state index in [1.165, 1.54) is 5.56 Å². The Morgan fingerprint density at radius 1 is 1.03 bits per heavy atom. The van der Waals surface area contributed by atoms with Gasteiger partial charge >= 0.3 is 0 Å². The average Bonchev–Trinajstić information content (AvgIpc) is 2.80. The minimum Gasteiger partial charge on any atom is -0.362 e. The molecular formula is C26H29N3O2. The lowest BCUT2D eigenvalue weighted by Crippen LogP contribution is -2.60. The van der Waals surface area contributed by atoms with Crippen molar-refractivity contribution in [1.82, 2.24) is 14.8 Å². The Morgan fingerprint density at radius 3 is 2.55 bits per heavy atom. The molecule has 5 heteroatoms. The van der Waals surface area contributed by atoms with Gasteiger partial charge in [0, 0.05) is 46.3 Å². The van der Waals surface area contributed by atoms with E-state index in [1.807, 2.05) is 42.6 Å². The molecule has 0 unspecified atom stereocenters. The second kappa shape index (κ2) is 9.41. The Labute approximate surface area is 184 Å². The fraction of sp³-hybridized carbons (Fsp3) is 0.308. The van der Waals surface area contributed by atoms with Crippen molar-refractivity contribution < 1.29 is 9.53 Å². The maximum Gasteiger partial charge on any atom is 0.255 e. The summed E-state index contributed by atoms with van der Waals surface area (Å²) in [4.78, 5) is 21.7.